The molecule has 0 atom stereocenters. The number of nitrogens with one attached hydrogen (secondary N) is 1. The van der Waals surface area contributed by atoms with E-state index in [2.05, 4.69) is 41.5 Å². The molecule has 0 bridgehead atoms. The van der Waals surface area contributed by atoms with Crippen LogP contribution in [0.1, 0.15) is 46.9 Å². The van der Waals surface area contributed by atoms with Crippen molar-refractivity contribution >= 4 is 23.0 Å². The molecule has 0 unspecified atom stereocenters. The Morgan fingerprint density at radius 3 is 2.56 bits per heavy atom. The summed E-state index contributed by atoms with van der Waals surface area (Å²) in [4.78, 5) is 16.9. The van der Waals surface area contributed by atoms with Gasteiger partial charge < -0.3 is 0 Å². The van der Waals surface area contributed by atoms with Crippen LogP contribution in [0.3, 0.4) is 0 Å². The van der Waals surface area contributed by atoms with E-state index in [1.54, 1.807) is 12.3 Å². The molecular weight excluding hydrogens is 310 g/mol. The molecule has 1 amide bonds. The van der Waals surface area contributed by atoms with Gasteiger partial charge in [0.15, 0.2) is 0 Å². The number of aryl methyl sites for hydroxylation is 1. The van der Waals surface area contributed by atoms with E-state index in [9.17, 15) is 4.79 Å². The lowest BCUT2D eigenvalue weighted by molar-refractivity contribution is 0.0956. The summed E-state index contributed by atoms with van der Waals surface area (Å²) in [6, 6.07) is 17.5. The molecule has 4 heteroatoms. The van der Waals surface area contributed by atoms with Crippen molar-refractivity contribution in [2.75, 3.05) is 0 Å². The van der Waals surface area contributed by atoms with Crippen LogP contribution in [-0.4, -0.2) is 17.1 Å². The summed E-state index contributed by atoms with van der Waals surface area (Å²) >= 11 is 0. The van der Waals surface area contributed by atoms with E-state index in [0.29, 0.717) is 11.5 Å². The molecule has 1 aromatic heterocycles. The van der Waals surface area contributed by atoms with Crippen molar-refractivity contribution in [3.05, 3.63) is 77.0 Å². The third kappa shape index (κ3) is 3.91. The van der Waals surface area contributed by atoms with Crippen molar-refractivity contribution in [3.63, 3.8) is 0 Å². The molecule has 126 valence electrons. The highest BCUT2D eigenvalue weighted by atomic mass is 16.2. The van der Waals surface area contributed by atoms with Gasteiger partial charge in [0, 0.05) is 11.1 Å². The van der Waals surface area contributed by atoms with E-state index < -0.39 is 0 Å². The Kier molecular flexibility index (Phi) is 4.89. The molecule has 3 aromatic rings. The molecule has 2 aromatic carbocycles. The number of benzene rings is 2. The summed E-state index contributed by atoms with van der Waals surface area (Å²) in [7, 11) is 0. The third-order valence-corrected chi connectivity index (χ3v) is 4.07. The molecule has 3 rings (SSSR count). The molecule has 1 heterocycles. The van der Waals surface area contributed by atoms with Crippen LogP contribution in [-0.2, 0) is 0 Å². The van der Waals surface area contributed by atoms with Gasteiger partial charge >= 0.3 is 0 Å². The van der Waals surface area contributed by atoms with Crippen molar-refractivity contribution in [2.24, 2.45) is 5.10 Å². The van der Waals surface area contributed by atoms with Crippen LogP contribution < -0.4 is 5.43 Å². The first kappa shape index (κ1) is 16.8. The first-order chi connectivity index (χ1) is 12.0. The van der Waals surface area contributed by atoms with Gasteiger partial charge in [-0.05, 0) is 36.1 Å². The quantitative estimate of drug-likeness (QED) is 0.568. The minimum atomic E-state index is -0.239. The van der Waals surface area contributed by atoms with E-state index in [-0.39, 0.29) is 5.91 Å². The van der Waals surface area contributed by atoms with Gasteiger partial charge in [-0.1, -0.05) is 56.3 Å². The molecule has 25 heavy (non-hydrogen) atoms. The van der Waals surface area contributed by atoms with Gasteiger partial charge in [-0.25, -0.2) is 5.43 Å². The first-order valence-corrected chi connectivity index (χ1v) is 8.34. The predicted octanol–water partition coefficient (Wildman–Crippen LogP) is 4.43. The lowest BCUT2D eigenvalue weighted by atomic mass is 10.0. The maximum Gasteiger partial charge on any atom is 0.272 e. The lowest BCUT2D eigenvalue weighted by Crippen LogP contribution is -2.18. The zero-order valence-electron chi connectivity index (χ0n) is 14.7. The smallest absolute Gasteiger partial charge is 0.267 e. The average Bonchev–Trinajstić information content (AvgIpc) is 2.61. The van der Waals surface area contributed by atoms with E-state index >= 15 is 0 Å². The number of aromatic nitrogens is 1. The zero-order chi connectivity index (χ0) is 17.8. The average molecular weight is 331 g/mol. The maximum absolute atomic E-state index is 12.5. The fourth-order valence-electron chi connectivity index (χ4n) is 2.69. The first-order valence-electron chi connectivity index (χ1n) is 8.34. The predicted molar refractivity (Wildman–Crippen MR) is 102 cm³/mol. The minimum absolute atomic E-state index is 0.239. The Labute approximate surface area is 147 Å². The summed E-state index contributed by atoms with van der Waals surface area (Å²) in [6.07, 6.45) is 1.65. The van der Waals surface area contributed by atoms with E-state index in [4.69, 9.17) is 0 Å². The van der Waals surface area contributed by atoms with Crippen molar-refractivity contribution in [3.8, 4) is 0 Å². The monoisotopic (exact) mass is 331 g/mol. The zero-order valence-corrected chi connectivity index (χ0v) is 14.7. The number of nitrogens with zero attached hydrogens (tertiary/aromatic N) is 2. The molecule has 4 nitrogen and oxygen atoms in total. The molecule has 0 aliphatic carbocycles. The second-order valence-corrected chi connectivity index (χ2v) is 6.35. The van der Waals surface area contributed by atoms with Crippen LogP contribution >= 0.6 is 0 Å². The number of rotatable bonds is 4. The number of carbonyl (C=O) groups is 1. The molecule has 0 spiro atoms. The number of hydrogen-bond acceptors (Lipinski definition) is 3. The fraction of sp³-hybridized carbons (Fsp3) is 0.190. The summed E-state index contributed by atoms with van der Waals surface area (Å²) in [6.45, 7) is 6.19. The molecule has 0 saturated carbocycles. The van der Waals surface area contributed by atoms with Crippen LogP contribution in [0.15, 0.2) is 59.7 Å². The molecule has 0 aliphatic heterocycles. The third-order valence-electron chi connectivity index (χ3n) is 4.07. The number of pyridine rings is 1. The SMILES string of the molecule is Cc1cc(C(=O)N/N=C/c2ccc(C(C)C)cc2)c2ccccc2n1. The maximum atomic E-state index is 12.5. The Morgan fingerprint density at radius 2 is 1.84 bits per heavy atom. The number of amides is 1. The number of hydrogen-bond donors (Lipinski definition) is 1. The van der Waals surface area contributed by atoms with Gasteiger partial charge in [0.1, 0.15) is 0 Å². The van der Waals surface area contributed by atoms with Gasteiger partial charge in [-0.15, -0.1) is 0 Å². The number of fused-ring (bicyclic) bond motifs is 1. The summed E-state index contributed by atoms with van der Waals surface area (Å²) in [5.41, 5.74) is 7.02. The Balaban J connectivity index is 1.76. The van der Waals surface area contributed by atoms with Crippen LogP contribution in [0.4, 0.5) is 0 Å². The fourth-order valence-corrected chi connectivity index (χ4v) is 2.69. The summed E-state index contributed by atoms with van der Waals surface area (Å²) < 4.78 is 0. The molecule has 0 saturated heterocycles. The van der Waals surface area contributed by atoms with Gasteiger partial charge in [-0.2, -0.15) is 5.10 Å². The van der Waals surface area contributed by atoms with Crippen molar-refractivity contribution in [1.82, 2.24) is 10.4 Å². The molecule has 0 fully saturated rings. The summed E-state index contributed by atoms with van der Waals surface area (Å²) in [5, 5.41) is 4.91. The molecule has 0 radical (unpaired) electrons. The summed E-state index contributed by atoms with van der Waals surface area (Å²) in [5.74, 6) is 0.255. The van der Waals surface area contributed by atoms with Crippen molar-refractivity contribution in [2.45, 2.75) is 26.7 Å². The number of hydrazone groups is 1. The van der Waals surface area contributed by atoms with Crippen LogP contribution in [0, 0.1) is 6.92 Å². The van der Waals surface area contributed by atoms with Gasteiger partial charge in [-0.3, -0.25) is 9.78 Å². The largest absolute Gasteiger partial charge is 0.272 e. The molecular formula is C21H21N3O. The van der Waals surface area contributed by atoms with E-state index in [1.165, 1.54) is 5.56 Å². The Bertz CT molecular complexity index is 928. The van der Waals surface area contributed by atoms with Crippen LogP contribution in [0.2, 0.25) is 0 Å². The van der Waals surface area contributed by atoms with E-state index in [0.717, 1.165) is 22.2 Å². The molecule has 1 N–H and O–H groups in total. The number of para-hydroxylation sites is 1. The van der Waals surface area contributed by atoms with Gasteiger partial charge in [0.25, 0.3) is 5.91 Å². The van der Waals surface area contributed by atoms with Crippen LogP contribution in [0.5, 0.6) is 0 Å². The van der Waals surface area contributed by atoms with Gasteiger partial charge in [0.05, 0.1) is 17.3 Å². The topological polar surface area (TPSA) is 54.4 Å². The molecule has 0 aliphatic rings. The van der Waals surface area contributed by atoms with E-state index in [1.807, 2.05) is 43.3 Å². The van der Waals surface area contributed by atoms with Crippen molar-refractivity contribution in [1.29, 1.82) is 0 Å². The van der Waals surface area contributed by atoms with Crippen molar-refractivity contribution < 1.29 is 4.79 Å². The second-order valence-electron chi connectivity index (χ2n) is 6.35. The highest BCUT2D eigenvalue weighted by Crippen LogP contribution is 2.18. The Morgan fingerprint density at radius 1 is 1.12 bits per heavy atom. The normalized spacial score (nSPS) is 11.4. The lowest BCUT2D eigenvalue weighted by Gasteiger charge is -2.06. The minimum Gasteiger partial charge on any atom is -0.267 e. The number of carbonyl (C=O) groups excluding carboxylic acids is 1. The second kappa shape index (κ2) is 7.26. The Hall–Kier alpha value is -3.01. The highest BCUT2D eigenvalue weighted by molar-refractivity contribution is 6.06. The highest BCUT2D eigenvalue weighted by Gasteiger charge is 2.10. The van der Waals surface area contributed by atoms with Crippen LogP contribution in [0.25, 0.3) is 10.9 Å². The standard InChI is InChI=1S/C21H21N3O/c1-14(2)17-10-8-16(9-11-17)13-22-24-21(25)19-12-15(3)23-20-7-5-4-6-18(19)20/h4-14H,1-3H3,(H,24,25)/b22-13+. The van der Waals surface area contributed by atoms with Gasteiger partial charge in [0.2, 0.25) is 0 Å².